The first-order chi connectivity index (χ1) is 5.96. The maximum absolute atomic E-state index is 11.7. The molecular weight excluding hydrogens is 244 g/mol. The van der Waals surface area contributed by atoms with Gasteiger partial charge in [-0.2, -0.15) is 21.6 Å². The highest BCUT2D eigenvalue weighted by molar-refractivity contribution is 7.87. The van der Waals surface area contributed by atoms with Crippen molar-refractivity contribution >= 4 is 17.3 Å². The molecule has 4 nitrogen and oxygen atoms in total. The lowest BCUT2D eigenvalue weighted by molar-refractivity contribution is -0.0538. The van der Waals surface area contributed by atoms with Gasteiger partial charge in [0.2, 0.25) is 0 Å². The molecule has 0 N–H and O–H groups in total. The zero-order valence-electron chi connectivity index (χ0n) is 7.54. The molecule has 0 radical (unpaired) electrons. The van der Waals surface area contributed by atoms with Crippen LogP contribution in [0.3, 0.4) is 0 Å². The van der Waals surface area contributed by atoms with Gasteiger partial charge in [0.25, 0.3) is 0 Å². The lowest BCUT2D eigenvalue weighted by Crippen LogP contribution is -2.26. The molecule has 0 bridgehead atoms. The van der Waals surface area contributed by atoms with E-state index in [1.54, 1.807) is 0 Å². The molecular formula is C5H10F3O4PS. The van der Waals surface area contributed by atoms with Gasteiger partial charge in [-0.25, -0.2) is 0 Å². The van der Waals surface area contributed by atoms with Gasteiger partial charge >= 0.3 is 15.6 Å². The van der Waals surface area contributed by atoms with E-state index in [0.717, 1.165) is 0 Å². The van der Waals surface area contributed by atoms with Gasteiger partial charge < -0.3 is 4.57 Å². The molecule has 0 spiro atoms. The third-order valence-electron chi connectivity index (χ3n) is 1.15. The maximum Gasteiger partial charge on any atom is 0.523 e. The summed E-state index contributed by atoms with van der Waals surface area (Å²) >= 11 is 0. The van der Waals surface area contributed by atoms with E-state index < -0.39 is 29.4 Å². The van der Waals surface area contributed by atoms with E-state index in [-0.39, 0.29) is 6.16 Å². The Hall–Kier alpha value is -0.0700. The first-order valence-electron chi connectivity index (χ1n) is 3.45. The summed E-state index contributed by atoms with van der Waals surface area (Å²) in [6.45, 7) is 1.94. The van der Waals surface area contributed by atoms with Gasteiger partial charge in [0, 0.05) is 6.16 Å². The van der Waals surface area contributed by atoms with Crippen molar-refractivity contribution in [2.45, 2.75) is 5.51 Å². The Balaban J connectivity index is 4.24. The number of hydrogen-bond donors (Lipinski definition) is 0. The van der Waals surface area contributed by atoms with Gasteiger partial charge in [0.1, 0.15) is 0 Å². The quantitative estimate of drug-likeness (QED) is 0.433. The van der Waals surface area contributed by atoms with E-state index >= 15 is 0 Å². The molecule has 0 aliphatic heterocycles. The Morgan fingerprint density at radius 2 is 1.71 bits per heavy atom. The Bertz CT molecular complexity index is 327. The zero-order chi connectivity index (χ0) is 11.6. The second-order valence-electron chi connectivity index (χ2n) is 3.02. The summed E-state index contributed by atoms with van der Waals surface area (Å²) in [6, 6.07) is 0. The predicted molar refractivity (Wildman–Crippen MR) is 45.2 cm³/mol. The number of hydrogen-bond acceptors (Lipinski definition) is 4. The first-order valence-corrected chi connectivity index (χ1v) is 7.65. The lowest BCUT2D eigenvalue weighted by Gasteiger charge is -2.09. The molecule has 0 aromatic rings. The van der Waals surface area contributed by atoms with Crippen LogP contribution in [0.1, 0.15) is 0 Å². The van der Waals surface area contributed by atoms with Crippen LogP contribution in [0.2, 0.25) is 0 Å². The van der Waals surface area contributed by atoms with Gasteiger partial charge in [0.05, 0.1) is 13.7 Å². The SMILES string of the molecule is CP(C)(=O)CCOS(=O)(=O)C(F)(F)F. The van der Waals surface area contributed by atoms with Crippen LogP contribution in [0.15, 0.2) is 0 Å². The van der Waals surface area contributed by atoms with Gasteiger partial charge in [-0.15, -0.1) is 0 Å². The Morgan fingerprint density at radius 1 is 1.29 bits per heavy atom. The highest BCUT2D eigenvalue weighted by Gasteiger charge is 2.47. The normalized spacial score (nSPS) is 14.4. The molecule has 0 saturated heterocycles. The van der Waals surface area contributed by atoms with Gasteiger partial charge in [0.15, 0.2) is 0 Å². The van der Waals surface area contributed by atoms with Crippen LogP contribution in [-0.2, 0) is 18.9 Å². The van der Waals surface area contributed by atoms with Crippen molar-refractivity contribution in [1.29, 1.82) is 0 Å². The molecule has 0 heterocycles. The van der Waals surface area contributed by atoms with Crippen molar-refractivity contribution < 1.29 is 30.3 Å². The van der Waals surface area contributed by atoms with E-state index in [0.29, 0.717) is 0 Å². The Kier molecular flexibility index (Phi) is 4.18. The zero-order valence-corrected chi connectivity index (χ0v) is 9.25. The lowest BCUT2D eigenvalue weighted by atomic mass is 10.9. The average Bonchev–Trinajstić information content (AvgIpc) is 1.80. The molecule has 0 unspecified atom stereocenters. The first kappa shape index (κ1) is 13.9. The number of rotatable bonds is 4. The Morgan fingerprint density at radius 3 is 2.00 bits per heavy atom. The fourth-order valence-electron chi connectivity index (χ4n) is 0.434. The molecule has 0 saturated carbocycles. The molecule has 0 rings (SSSR count). The summed E-state index contributed by atoms with van der Waals surface area (Å²) in [5, 5.41) is 0. The number of alkyl halides is 3. The van der Waals surface area contributed by atoms with E-state index in [1.807, 2.05) is 0 Å². The van der Waals surface area contributed by atoms with E-state index in [9.17, 15) is 26.2 Å². The standard InChI is InChI=1S/C5H10F3O4PS/c1-13(2,9)4-3-12-14(10,11)5(6,7)8/h3-4H2,1-2H3. The average molecular weight is 254 g/mol. The summed E-state index contributed by atoms with van der Waals surface area (Å²) in [4.78, 5) is 0. The van der Waals surface area contributed by atoms with Crippen LogP contribution in [0, 0.1) is 0 Å². The monoisotopic (exact) mass is 254 g/mol. The van der Waals surface area contributed by atoms with E-state index in [2.05, 4.69) is 4.18 Å². The van der Waals surface area contributed by atoms with Crippen molar-refractivity contribution in [3.63, 3.8) is 0 Å². The summed E-state index contributed by atoms with van der Waals surface area (Å²) in [7, 11) is -8.10. The fourth-order valence-corrected chi connectivity index (χ4v) is 1.52. The molecule has 9 heteroatoms. The smallest absolute Gasteiger partial charge is 0.324 e. The third-order valence-corrected chi connectivity index (χ3v) is 3.46. The largest absolute Gasteiger partial charge is 0.523 e. The van der Waals surface area contributed by atoms with Crippen LogP contribution in [0.4, 0.5) is 13.2 Å². The molecule has 0 amide bonds. The minimum Gasteiger partial charge on any atom is -0.324 e. The van der Waals surface area contributed by atoms with Crippen LogP contribution in [0.25, 0.3) is 0 Å². The van der Waals surface area contributed by atoms with E-state index in [4.69, 9.17) is 0 Å². The van der Waals surface area contributed by atoms with Crippen molar-refractivity contribution in [1.82, 2.24) is 0 Å². The van der Waals surface area contributed by atoms with E-state index in [1.165, 1.54) is 13.3 Å². The number of halogens is 3. The van der Waals surface area contributed by atoms with Gasteiger partial charge in [-0.05, 0) is 13.3 Å². The summed E-state index contributed by atoms with van der Waals surface area (Å²) in [5.74, 6) is 0. The molecule has 0 aliphatic carbocycles. The molecule has 86 valence electrons. The van der Waals surface area contributed by atoms with Crippen LogP contribution < -0.4 is 0 Å². The van der Waals surface area contributed by atoms with Gasteiger partial charge in [-0.1, -0.05) is 0 Å². The second kappa shape index (κ2) is 4.20. The highest BCUT2D eigenvalue weighted by atomic mass is 32.2. The topological polar surface area (TPSA) is 60.4 Å². The van der Waals surface area contributed by atoms with Crippen molar-refractivity contribution in [3.05, 3.63) is 0 Å². The minimum atomic E-state index is -5.54. The van der Waals surface area contributed by atoms with Crippen molar-refractivity contribution in [2.75, 3.05) is 26.1 Å². The van der Waals surface area contributed by atoms with Crippen LogP contribution in [-0.4, -0.2) is 40.0 Å². The molecule has 0 aliphatic rings. The molecule has 0 atom stereocenters. The molecule has 14 heavy (non-hydrogen) atoms. The maximum atomic E-state index is 11.7. The highest BCUT2D eigenvalue weighted by Crippen LogP contribution is 2.35. The molecule has 0 fully saturated rings. The van der Waals surface area contributed by atoms with Crippen molar-refractivity contribution in [3.8, 4) is 0 Å². The third kappa shape index (κ3) is 4.97. The fraction of sp³-hybridized carbons (Fsp3) is 1.00. The van der Waals surface area contributed by atoms with Crippen LogP contribution in [0.5, 0.6) is 0 Å². The van der Waals surface area contributed by atoms with Crippen LogP contribution >= 0.6 is 7.14 Å². The molecule has 0 aromatic heterocycles. The summed E-state index contributed by atoms with van der Waals surface area (Å²) < 4.78 is 70.3. The van der Waals surface area contributed by atoms with Crippen molar-refractivity contribution in [2.24, 2.45) is 0 Å². The summed E-state index contributed by atoms with van der Waals surface area (Å²) in [6.07, 6.45) is -0.206. The second-order valence-corrected chi connectivity index (χ2v) is 8.22. The molecule has 0 aromatic carbocycles. The predicted octanol–water partition coefficient (Wildman–Crippen LogP) is 1.48. The minimum absolute atomic E-state index is 0.206. The Labute approximate surface area is 79.9 Å². The summed E-state index contributed by atoms with van der Waals surface area (Å²) in [5.41, 5.74) is -5.42. The van der Waals surface area contributed by atoms with Gasteiger partial charge in [-0.3, -0.25) is 4.18 Å².